The molecule has 2 heterocycles. The number of piperidine rings is 1. The predicted molar refractivity (Wildman–Crippen MR) is 137 cm³/mol. The lowest BCUT2D eigenvalue weighted by atomic mass is 10.1. The highest BCUT2D eigenvalue weighted by Crippen LogP contribution is 2.24. The van der Waals surface area contributed by atoms with Crippen molar-refractivity contribution in [2.75, 3.05) is 45.2 Å². The zero-order valence-electron chi connectivity index (χ0n) is 19.1. The summed E-state index contributed by atoms with van der Waals surface area (Å²) in [7, 11) is 3.58. The Morgan fingerprint density at radius 1 is 1.40 bits per heavy atom. The lowest BCUT2D eigenvalue weighted by molar-refractivity contribution is 0.0278. The Bertz CT molecular complexity index is 655. The van der Waals surface area contributed by atoms with Crippen molar-refractivity contribution in [1.29, 1.82) is 0 Å². The van der Waals surface area contributed by atoms with Crippen molar-refractivity contribution in [2.45, 2.75) is 52.2 Å². The molecule has 9 heteroatoms. The van der Waals surface area contributed by atoms with E-state index in [1.54, 1.807) is 30.3 Å². The number of amides is 1. The molecule has 1 aliphatic heterocycles. The van der Waals surface area contributed by atoms with E-state index in [2.05, 4.69) is 45.0 Å². The van der Waals surface area contributed by atoms with Gasteiger partial charge in [-0.3, -0.25) is 4.99 Å². The van der Waals surface area contributed by atoms with Crippen LogP contribution in [0.1, 0.15) is 40.5 Å². The fourth-order valence-electron chi connectivity index (χ4n) is 3.30. The van der Waals surface area contributed by atoms with Crippen LogP contribution in [0.5, 0.6) is 0 Å². The third-order valence-corrected chi connectivity index (χ3v) is 5.71. The molecule has 1 aromatic rings. The standard InChI is InChI=1S/C21H37N5O2S.HI/c1-16(15-25(6)20(27)28-21(2,3)4)14-23-19(22-5)24-17-9-11-26(12-10-17)18-8-7-13-29-18;/h7-8,13,16-17H,9-12,14-15H2,1-6H3,(H2,22,23,24);1H. The molecule has 0 bridgehead atoms. The SMILES string of the molecule is CN=C(NCC(C)CN(C)C(=O)OC(C)(C)C)NC1CCN(c2cccs2)CC1.I. The number of halogens is 1. The van der Waals surface area contributed by atoms with Gasteiger partial charge in [0, 0.05) is 46.3 Å². The highest BCUT2D eigenvalue weighted by Gasteiger charge is 2.22. The fraction of sp³-hybridized carbons (Fsp3) is 0.714. The number of hydrogen-bond acceptors (Lipinski definition) is 5. The third kappa shape index (κ3) is 9.28. The average molecular weight is 552 g/mol. The average Bonchev–Trinajstić information content (AvgIpc) is 3.19. The Labute approximate surface area is 202 Å². The monoisotopic (exact) mass is 551 g/mol. The minimum absolute atomic E-state index is 0. The highest BCUT2D eigenvalue weighted by molar-refractivity contribution is 14.0. The number of ether oxygens (including phenoxy) is 1. The van der Waals surface area contributed by atoms with Crippen LogP contribution >= 0.6 is 35.3 Å². The van der Waals surface area contributed by atoms with Gasteiger partial charge in [0.1, 0.15) is 5.60 Å². The normalized spacial score (nSPS) is 16.5. The molecule has 7 nitrogen and oxygen atoms in total. The smallest absolute Gasteiger partial charge is 0.410 e. The van der Waals surface area contributed by atoms with E-state index < -0.39 is 5.60 Å². The van der Waals surface area contributed by atoms with Crippen molar-refractivity contribution in [2.24, 2.45) is 10.9 Å². The molecule has 1 atom stereocenters. The maximum Gasteiger partial charge on any atom is 0.410 e. The van der Waals surface area contributed by atoms with Crippen molar-refractivity contribution in [3.8, 4) is 0 Å². The minimum atomic E-state index is -0.474. The van der Waals surface area contributed by atoms with E-state index in [0.29, 0.717) is 12.6 Å². The Kier molecular flexibility index (Phi) is 11.2. The molecule has 1 aromatic heterocycles. The number of hydrogen-bond donors (Lipinski definition) is 2. The molecular weight excluding hydrogens is 513 g/mol. The first-order chi connectivity index (χ1) is 13.7. The van der Waals surface area contributed by atoms with Crippen LogP contribution in [-0.2, 0) is 4.74 Å². The van der Waals surface area contributed by atoms with Gasteiger partial charge in [-0.2, -0.15) is 0 Å². The number of aliphatic imine (C=N–C) groups is 1. The lowest BCUT2D eigenvalue weighted by Gasteiger charge is -2.33. The van der Waals surface area contributed by atoms with Crippen LogP contribution in [0.4, 0.5) is 9.80 Å². The molecule has 0 spiro atoms. The molecule has 2 N–H and O–H groups in total. The van der Waals surface area contributed by atoms with Gasteiger partial charge in [0.2, 0.25) is 0 Å². The molecule has 1 unspecified atom stereocenters. The highest BCUT2D eigenvalue weighted by atomic mass is 127. The fourth-order valence-corrected chi connectivity index (χ4v) is 4.08. The van der Waals surface area contributed by atoms with Crippen LogP contribution in [0.2, 0.25) is 0 Å². The maximum absolute atomic E-state index is 12.1. The van der Waals surface area contributed by atoms with Crippen LogP contribution in [0.25, 0.3) is 0 Å². The molecule has 30 heavy (non-hydrogen) atoms. The number of guanidine groups is 1. The van der Waals surface area contributed by atoms with Crippen molar-refractivity contribution in [3.05, 3.63) is 17.5 Å². The summed E-state index contributed by atoms with van der Waals surface area (Å²) >= 11 is 1.80. The predicted octanol–water partition coefficient (Wildman–Crippen LogP) is 4.00. The minimum Gasteiger partial charge on any atom is -0.444 e. The summed E-state index contributed by atoms with van der Waals surface area (Å²) in [6.45, 7) is 11.2. The van der Waals surface area contributed by atoms with Gasteiger partial charge in [0.25, 0.3) is 0 Å². The van der Waals surface area contributed by atoms with Crippen molar-refractivity contribution < 1.29 is 9.53 Å². The van der Waals surface area contributed by atoms with Gasteiger partial charge in [-0.05, 0) is 57.0 Å². The first-order valence-corrected chi connectivity index (χ1v) is 11.3. The zero-order valence-corrected chi connectivity index (χ0v) is 22.3. The summed E-state index contributed by atoms with van der Waals surface area (Å²) in [5, 5.41) is 10.4. The van der Waals surface area contributed by atoms with E-state index >= 15 is 0 Å². The molecule has 2 rings (SSSR count). The van der Waals surface area contributed by atoms with Crippen LogP contribution in [0.15, 0.2) is 22.5 Å². The van der Waals surface area contributed by atoms with E-state index in [9.17, 15) is 4.79 Å². The molecule has 1 amide bonds. The number of anilines is 1. The molecule has 1 fully saturated rings. The first-order valence-electron chi connectivity index (χ1n) is 10.4. The molecule has 1 saturated heterocycles. The summed E-state index contributed by atoms with van der Waals surface area (Å²) in [5.41, 5.74) is -0.474. The molecule has 1 aliphatic rings. The molecular formula is C21H38IN5O2S. The first kappa shape index (κ1) is 26.8. The second-order valence-corrected chi connectivity index (χ2v) is 9.70. The summed E-state index contributed by atoms with van der Waals surface area (Å²) in [6.07, 6.45) is 1.90. The quantitative estimate of drug-likeness (QED) is 0.318. The molecule has 172 valence electrons. The summed E-state index contributed by atoms with van der Waals surface area (Å²) in [4.78, 5) is 20.6. The van der Waals surface area contributed by atoms with Crippen LogP contribution in [0, 0.1) is 5.92 Å². The Hall–Kier alpha value is -1.23. The summed E-state index contributed by atoms with van der Waals surface area (Å²) < 4.78 is 5.41. The molecule has 0 aromatic carbocycles. The second kappa shape index (κ2) is 12.6. The van der Waals surface area contributed by atoms with Gasteiger partial charge in [-0.1, -0.05) is 6.92 Å². The topological polar surface area (TPSA) is 69.2 Å². The largest absolute Gasteiger partial charge is 0.444 e. The summed E-state index contributed by atoms with van der Waals surface area (Å²) in [6, 6.07) is 4.73. The third-order valence-electron chi connectivity index (χ3n) is 4.79. The van der Waals surface area contributed by atoms with E-state index in [0.717, 1.165) is 38.4 Å². The Morgan fingerprint density at radius 3 is 2.60 bits per heavy atom. The van der Waals surface area contributed by atoms with Crippen molar-refractivity contribution in [1.82, 2.24) is 15.5 Å². The van der Waals surface area contributed by atoms with Crippen LogP contribution in [0.3, 0.4) is 0 Å². The number of thiophene rings is 1. The van der Waals surface area contributed by atoms with Gasteiger partial charge < -0.3 is 25.2 Å². The molecule has 0 aliphatic carbocycles. The van der Waals surface area contributed by atoms with E-state index in [4.69, 9.17) is 4.74 Å². The number of nitrogens with one attached hydrogen (secondary N) is 2. The van der Waals surface area contributed by atoms with Crippen LogP contribution < -0.4 is 15.5 Å². The summed E-state index contributed by atoms with van der Waals surface area (Å²) in [5.74, 6) is 1.10. The van der Waals surface area contributed by atoms with Crippen LogP contribution in [-0.4, -0.2) is 68.9 Å². The molecule has 0 saturated carbocycles. The van der Waals surface area contributed by atoms with Gasteiger partial charge in [0.15, 0.2) is 5.96 Å². The van der Waals surface area contributed by atoms with Crippen molar-refractivity contribution >= 4 is 52.4 Å². The second-order valence-electron chi connectivity index (χ2n) is 8.78. The Morgan fingerprint density at radius 2 is 2.07 bits per heavy atom. The lowest BCUT2D eigenvalue weighted by Crippen LogP contribution is -2.49. The van der Waals surface area contributed by atoms with Gasteiger partial charge in [-0.25, -0.2) is 4.79 Å². The van der Waals surface area contributed by atoms with E-state index in [1.807, 2.05) is 20.8 Å². The Balaban J connectivity index is 0.00000450. The van der Waals surface area contributed by atoms with Gasteiger partial charge in [-0.15, -0.1) is 35.3 Å². The van der Waals surface area contributed by atoms with E-state index in [-0.39, 0.29) is 36.0 Å². The zero-order chi connectivity index (χ0) is 21.4. The number of rotatable bonds is 6. The van der Waals surface area contributed by atoms with Gasteiger partial charge in [0.05, 0.1) is 5.00 Å². The molecule has 0 radical (unpaired) electrons. The number of carbonyl (C=O) groups is 1. The van der Waals surface area contributed by atoms with Crippen molar-refractivity contribution in [3.63, 3.8) is 0 Å². The van der Waals surface area contributed by atoms with E-state index in [1.165, 1.54) is 5.00 Å². The van der Waals surface area contributed by atoms with Gasteiger partial charge >= 0.3 is 6.09 Å². The maximum atomic E-state index is 12.1. The number of nitrogens with zero attached hydrogens (tertiary/aromatic N) is 3. The number of carbonyl (C=O) groups excluding carboxylic acids is 1.